The monoisotopic (exact) mass is 477 g/mol. The number of amides is 1. The zero-order valence-electron chi connectivity index (χ0n) is 20.7. The molecule has 0 aromatic heterocycles. The van der Waals surface area contributed by atoms with E-state index < -0.39 is 0 Å². The number of carbonyl (C=O) groups excluding carboxylic acids is 2. The lowest BCUT2D eigenvalue weighted by Crippen LogP contribution is -2.48. The summed E-state index contributed by atoms with van der Waals surface area (Å²) in [6.45, 7) is 4.07. The molecule has 4 rings (SSSR count). The van der Waals surface area contributed by atoms with Crippen LogP contribution in [-0.4, -0.2) is 63.1 Å². The first kappa shape index (κ1) is 26.0. The first-order valence-electron chi connectivity index (χ1n) is 11.7. The maximum atomic E-state index is 13.7. The molecule has 1 amide bonds. The van der Waals surface area contributed by atoms with Crippen molar-refractivity contribution in [3.63, 3.8) is 0 Å². The van der Waals surface area contributed by atoms with Gasteiger partial charge in [0.15, 0.2) is 0 Å². The Morgan fingerprint density at radius 3 is 2.43 bits per heavy atom. The minimum atomic E-state index is -0.302. The summed E-state index contributed by atoms with van der Waals surface area (Å²) in [7, 11) is 3.78. The lowest BCUT2D eigenvalue weighted by atomic mass is 9.74. The van der Waals surface area contributed by atoms with Crippen LogP contribution >= 0.6 is 0 Å². The van der Waals surface area contributed by atoms with Crippen molar-refractivity contribution < 1.29 is 14.3 Å². The second-order valence-electron chi connectivity index (χ2n) is 8.95. The van der Waals surface area contributed by atoms with E-state index in [2.05, 4.69) is 17.3 Å². The number of ether oxygens (including phenoxy) is 1. The lowest BCUT2D eigenvalue weighted by Gasteiger charge is -2.40. The average Bonchev–Trinajstić information content (AvgIpc) is 3.14. The molecule has 4 N–H and O–H groups in total. The number of nitrogens with zero attached hydrogens (tertiary/aromatic N) is 2. The molecule has 35 heavy (non-hydrogen) atoms. The van der Waals surface area contributed by atoms with E-state index in [1.165, 1.54) is 19.3 Å². The molecule has 1 spiro atoms. The number of methoxy groups -OCH3 is 1. The van der Waals surface area contributed by atoms with Gasteiger partial charge in [-0.3, -0.25) is 4.79 Å². The fourth-order valence-electron chi connectivity index (χ4n) is 4.79. The van der Waals surface area contributed by atoms with Crippen LogP contribution in [0.25, 0.3) is 5.57 Å². The summed E-state index contributed by atoms with van der Waals surface area (Å²) in [4.78, 5) is 26.7. The molecule has 2 saturated heterocycles. The molecule has 0 saturated carbocycles. The van der Waals surface area contributed by atoms with Crippen molar-refractivity contribution in [2.75, 3.05) is 44.0 Å². The molecule has 2 aliphatic heterocycles. The molecule has 2 aromatic rings. The predicted molar refractivity (Wildman–Crippen MR) is 141 cm³/mol. The number of rotatable bonds is 6. The molecular formula is C27H35N5O3. The third kappa shape index (κ3) is 5.71. The molecule has 0 radical (unpaired) electrons. The Hall–Kier alpha value is -3.65. The van der Waals surface area contributed by atoms with Crippen LogP contribution < -0.4 is 20.7 Å². The summed E-state index contributed by atoms with van der Waals surface area (Å²) in [6.07, 6.45) is 5.32. The maximum absolute atomic E-state index is 13.7. The van der Waals surface area contributed by atoms with E-state index in [0.717, 1.165) is 54.9 Å². The lowest BCUT2D eigenvalue weighted by molar-refractivity contribution is -0.119. The molecule has 2 aliphatic rings. The first-order valence-corrected chi connectivity index (χ1v) is 11.7. The molecule has 0 bridgehead atoms. The Morgan fingerprint density at radius 1 is 1.20 bits per heavy atom. The van der Waals surface area contributed by atoms with E-state index in [1.807, 2.05) is 53.4 Å². The number of carbonyl (C=O) groups is 2. The predicted octanol–water partition coefficient (Wildman–Crippen LogP) is 3.39. The van der Waals surface area contributed by atoms with Crippen LogP contribution in [0.5, 0.6) is 5.75 Å². The Labute approximate surface area is 207 Å². The molecule has 2 aromatic carbocycles. The third-order valence-electron chi connectivity index (χ3n) is 6.81. The molecule has 2 fully saturated rings. The highest BCUT2D eigenvalue weighted by Crippen LogP contribution is 2.44. The van der Waals surface area contributed by atoms with Gasteiger partial charge in [-0.05, 0) is 69.7 Å². The minimum absolute atomic E-state index is 0.0896. The van der Waals surface area contributed by atoms with Gasteiger partial charge in [-0.1, -0.05) is 18.2 Å². The minimum Gasteiger partial charge on any atom is -0.497 e. The molecule has 8 nitrogen and oxygen atoms in total. The van der Waals surface area contributed by atoms with Crippen molar-refractivity contribution >= 4 is 35.4 Å². The van der Waals surface area contributed by atoms with E-state index in [1.54, 1.807) is 7.11 Å². The van der Waals surface area contributed by atoms with Crippen molar-refractivity contribution in [1.29, 1.82) is 5.41 Å². The van der Waals surface area contributed by atoms with Gasteiger partial charge in [0.1, 0.15) is 18.1 Å². The van der Waals surface area contributed by atoms with Crippen LogP contribution in [0.4, 0.5) is 11.4 Å². The Balaban J connectivity index is 0.00000108. The summed E-state index contributed by atoms with van der Waals surface area (Å²) in [5.74, 6) is 0.854. The van der Waals surface area contributed by atoms with Crippen LogP contribution in [0, 0.1) is 10.8 Å². The number of hydrogen-bond donors (Lipinski definition) is 3. The number of nitrogens with one attached hydrogen (secondary N) is 2. The fourth-order valence-corrected chi connectivity index (χ4v) is 4.79. The summed E-state index contributed by atoms with van der Waals surface area (Å²) in [5, 5.41) is 11.0. The van der Waals surface area contributed by atoms with Crippen molar-refractivity contribution in [2.45, 2.75) is 25.8 Å². The zero-order valence-corrected chi connectivity index (χ0v) is 20.7. The summed E-state index contributed by atoms with van der Waals surface area (Å²) in [6, 6.07) is 15.2. The molecule has 186 valence electrons. The number of nitrogens with two attached hydrogens (primary N) is 1. The number of anilines is 2. The molecule has 1 unspecified atom stereocenters. The van der Waals surface area contributed by atoms with Gasteiger partial charge in [0, 0.05) is 47.4 Å². The van der Waals surface area contributed by atoms with Gasteiger partial charge in [-0.15, -0.1) is 0 Å². The van der Waals surface area contributed by atoms with Gasteiger partial charge >= 0.3 is 0 Å². The van der Waals surface area contributed by atoms with Crippen LogP contribution in [-0.2, 0) is 9.59 Å². The number of allylic oxidation sites excluding steroid dienone is 1. The van der Waals surface area contributed by atoms with Crippen LogP contribution in [0.1, 0.15) is 25.3 Å². The van der Waals surface area contributed by atoms with Gasteiger partial charge in [-0.2, -0.15) is 0 Å². The van der Waals surface area contributed by atoms with Gasteiger partial charge in [0.25, 0.3) is 0 Å². The molecule has 2 heterocycles. The van der Waals surface area contributed by atoms with Crippen LogP contribution in [0.3, 0.4) is 0 Å². The Kier molecular flexibility index (Phi) is 8.65. The van der Waals surface area contributed by atoms with E-state index in [4.69, 9.17) is 20.7 Å². The quantitative estimate of drug-likeness (QED) is 0.434. The topological polar surface area (TPSA) is 112 Å². The highest BCUT2D eigenvalue weighted by Gasteiger charge is 2.53. The van der Waals surface area contributed by atoms with E-state index in [9.17, 15) is 4.79 Å². The molecular weight excluding hydrogens is 442 g/mol. The van der Waals surface area contributed by atoms with Crippen molar-refractivity contribution in [2.24, 2.45) is 11.1 Å². The number of benzene rings is 2. The second kappa shape index (κ2) is 11.7. The summed E-state index contributed by atoms with van der Waals surface area (Å²) >= 11 is 0. The highest BCUT2D eigenvalue weighted by molar-refractivity contribution is 6.08. The largest absolute Gasteiger partial charge is 0.497 e. The molecule has 1 atom stereocenters. The van der Waals surface area contributed by atoms with Crippen molar-refractivity contribution in [3.8, 4) is 5.75 Å². The SMILES string of the molecule is CC=O.COc1cccc(NC2C(=O)N(c3ccc(/C(C=N)=C/N)cc3)CC23CCN(C)CC3)c1. The van der Waals surface area contributed by atoms with E-state index in [-0.39, 0.29) is 17.4 Å². The number of aldehydes is 1. The smallest absolute Gasteiger partial charge is 0.250 e. The highest BCUT2D eigenvalue weighted by atomic mass is 16.5. The van der Waals surface area contributed by atoms with Gasteiger partial charge in [0.2, 0.25) is 5.91 Å². The van der Waals surface area contributed by atoms with Gasteiger partial charge < -0.3 is 35.8 Å². The average molecular weight is 478 g/mol. The standard InChI is InChI=1S/C25H31N5O2.C2H4O/c1-29-12-10-25(11-13-29)17-30(21-8-6-18(7-9-21)19(15-26)16-27)24(31)23(25)28-20-4-3-5-22(14-20)32-2;1-2-3/h3-9,14-16,23,26,28H,10-13,17,27H2,1-2H3;2H,1H3/b19-16+,26-15?;. The zero-order chi connectivity index (χ0) is 25.4. The number of piperidine rings is 1. The van der Waals surface area contributed by atoms with Crippen molar-refractivity contribution in [1.82, 2.24) is 4.90 Å². The molecule has 8 heteroatoms. The normalized spacial score (nSPS) is 19.6. The van der Waals surface area contributed by atoms with E-state index >= 15 is 0 Å². The first-order chi connectivity index (χ1) is 16.9. The van der Waals surface area contributed by atoms with E-state index in [0.29, 0.717) is 12.1 Å². The Bertz CT molecular complexity index is 1060. The van der Waals surface area contributed by atoms with Gasteiger partial charge in [-0.25, -0.2) is 0 Å². The molecule has 0 aliphatic carbocycles. The number of hydrogen-bond acceptors (Lipinski definition) is 7. The maximum Gasteiger partial charge on any atom is 0.250 e. The fraction of sp³-hybridized carbons (Fsp3) is 0.370. The van der Waals surface area contributed by atoms with Gasteiger partial charge in [0.05, 0.1) is 7.11 Å². The van der Waals surface area contributed by atoms with Crippen LogP contribution in [0.2, 0.25) is 0 Å². The number of likely N-dealkylation sites (tertiary alicyclic amines) is 1. The summed E-state index contributed by atoms with van der Waals surface area (Å²) < 4.78 is 5.37. The Morgan fingerprint density at radius 2 is 1.86 bits per heavy atom. The second-order valence-corrected chi connectivity index (χ2v) is 8.95. The third-order valence-corrected chi connectivity index (χ3v) is 6.81. The van der Waals surface area contributed by atoms with Crippen molar-refractivity contribution in [3.05, 3.63) is 60.3 Å². The van der Waals surface area contributed by atoms with Crippen LogP contribution in [0.15, 0.2) is 54.7 Å². The summed E-state index contributed by atoms with van der Waals surface area (Å²) in [5.41, 5.74) is 8.74.